The van der Waals surface area contributed by atoms with Gasteiger partial charge in [0.2, 0.25) is 10.0 Å². The highest BCUT2D eigenvalue weighted by Crippen LogP contribution is 2.26. The molecule has 1 aromatic heterocycles. The van der Waals surface area contributed by atoms with Gasteiger partial charge in [0.15, 0.2) is 5.76 Å². The minimum Gasteiger partial charge on any atom is -0.495 e. The third-order valence-corrected chi connectivity index (χ3v) is 4.75. The maximum Gasteiger partial charge on any atom is 0.291 e. The van der Waals surface area contributed by atoms with Gasteiger partial charge >= 0.3 is 0 Å². The van der Waals surface area contributed by atoms with Gasteiger partial charge in [-0.25, -0.2) is 13.6 Å². The van der Waals surface area contributed by atoms with Crippen LogP contribution in [0.5, 0.6) is 11.5 Å². The quantitative estimate of drug-likeness (QED) is 0.627. The highest BCUT2D eigenvalue weighted by atomic mass is 32.2. The smallest absolute Gasteiger partial charge is 0.291 e. The third kappa shape index (κ3) is 4.51. The minimum absolute atomic E-state index is 0.0592. The zero-order valence-electron chi connectivity index (χ0n) is 14.9. The number of carbonyl (C=O) groups is 1. The van der Waals surface area contributed by atoms with Gasteiger partial charge in [-0.2, -0.15) is 0 Å². The molecule has 2 aromatic carbocycles. The molecule has 1 amide bonds. The van der Waals surface area contributed by atoms with Crippen LogP contribution in [0.15, 0.2) is 70.2 Å². The van der Waals surface area contributed by atoms with Crippen LogP contribution in [0.25, 0.3) is 0 Å². The second-order valence-corrected chi connectivity index (χ2v) is 7.27. The Morgan fingerprint density at radius 2 is 1.89 bits per heavy atom. The Morgan fingerprint density at radius 3 is 2.57 bits per heavy atom. The number of carbonyl (C=O) groups excluding carboxylic acids is 1. The van der Waals surface area contributed by atoms with Gasteiger partial charge in [-0.3, -0.25) is 4.79 Å². The van der Waals surface area contributed by atoms with Crippen LogP contribution in [0.2, 0.25) is 0 Å². The lowest BCUT2D eigenvalue weighted by Gasteiger charge is -2.10. The Morgan fingerprint density at radius 1 is 1.14 bits per heavy atom. The van der Waals surface area contributed by atoms with Crippen molar-refractivity contribution < 1.29 is 27.1 Å². The second kappa shape index (κ2) is 8.15. The number of furan rings is 1. The van der Waals surface area contributed by atoms with E-state index in [1.165, 1.54) is 31.6 Å². The van der Waals surface area contributed by atoms with Crippen LogP contribution < -0.4 is 19.9 Å². The number of rotatable bonds is 7. The first kappa shape index (κ1) is 19.5. The Kier molecular flexibility index (Phi) is 5.67. The van der Waals surface area contributed by atoms with Crippen molar-refractivity contribution in [1.29, 1.82) is 0 Å². The van der Waals surface area contributed by atoms with Crippen molar-refractivity contribution in [3.05, 3.63) is 72.2 Å². The SMILES string of the molecule is COc1ccc(NC(=O)c2occc2COc2ccccc2)cc1S(N)(=O)=O. The van der Waals surface area contributed by atoms with Crippen LogP contribution in [0.4, 0.5) is 5.69 Å². The van der Waals surface area contributed by atoms with E-state index < -0.39 is 15.9 Å². The predicted molar refractivity (Wildman–Crippen MR) is 102 cm³/mol. The maximum atomic E-state index is 12.6. The fourth-order valence-corrected chi connectivity index (χ4v) is 3.21. The summed E-state index contributed by atoms with van der Waals surface area (Å²) in [5.74, 6) is 0.240. The van der Waals surface area contributed by atoms with Crippen molar-refractivity contribution in [2.45, 2.75) is 11.5 Å². The zero-order valence-corrected chi connectivity index (χ0v) is 15.7. The number of nitrogens with one attached hydrogen (secondary N) is 1. The van der Waals surface area contributed by atoms with Gasteiger partial charge in [-0.1, -0.05) is 18.2 Å². The molecule has 3 rings (SSSR count). The van der Waals surface area contributed by atoms with Crippen LogP contribution in [-0.4, -0.2) is 21.4 Å². The molecule has 9 heteroatoms. The average Bonchev–Trinajstić information content (AvgIpc) is 3.15. The summed E-state index contributed by atoms with van der Waals surface area (Å²) in [6.07, 6.45) is 1.38. The van der Waals surface area contributed by atoms with Crippen LogP contribution in [0.1, 0.15) is 16.1 Å². The molecular formula is C19H18N2O6S. The molecule has 8 nitrogen and oxygen atoms in total. The van der Waals surface area contributed by atoms with E-state index in [2.05, 4.69) is 5.32 Å². The highest BCUT2D eigenvalue weighted by molar-refractivity contribution is 7.89. The van der Waals surface area contributed by atoms with Gasteiger partial charge in [-0.15, -0.1) is 0 Å². The number of methoxy groups -OCH3 is 1. The number of nitrogens with two attached hydrogens (primary N) is 1. The predicted octanol–water partition coefficient (Wildman–Crippen LogP) is 2.77. The number of sulfonamides is 1. The summed E-state index contributed by atoms with van der Waals surface area (Å²) in [4.78, 5) is 12.3. The van der Waals surface area contributed by atoms with Crippen molar-refractivity contribution in [2.24, 2.45) is 5.14 Å². The van der Waals surface area contributed by atoms with Crippen molar-refractivity contribution in [3.8, 4) is 11.5 Å². The number of hydrogen-bond acceptors (Lipinski definition) is 6. The number of anilines is 1. The molecule has 0 aliphatic carbocycles. The van der Waals surface area contributed by atoms with Crippen molar-refractivity contribution in [2.75, 3.05) is 12.4 Å². The lowest BCUT2D eigenvalue weighted by atomic mass is 10.2. The molecule has 0 bridgehead atoms. The van der Waals surface area contributed by atoms with E-state index in [9.17, 15) is 13.2 Å². The number of hydrogen-bond donors (Lipinski definition) is 2. The highest BCUT2D eigenvalue weighted by Gasteiger charge is 2.19. The average molecular weight is 402 g/mol. The second-order valence-electron chi connectivity index (χ2n) is 5.74. The van der Waals surface area contributed by atoms with E-state index in [-0.39, 0.29) is 28.7 Å². The largest absolute Gasteiger partial charge is 0.495 e. The summed E-state index contributed by atoms with van der Waals surface area (Å²) in [6, 6.07) is 14.9. The van der Waals surface area contributed by atoms with E-state index in [4.69, 9.17) is 19.0 Å². The first-order valence-electron chi connectivity index (χ1n) is 8.15. The molecule has 146 valence electrons. The van der Waals surface area contributed by atoms with Crippen molar-refractivity contribution in [3.63, 3.8) is 0 Å². The Balaban J connectivity index is 1.76. The lowest BCUT2D eigenvalue weighted by molar-refractivity contribution is 0.0993. The topological polar surface area (TPSA) is 121 Å². The van der Waals surface area contributed by atoms with Crippen LogP contribution in [0, 0.1) is 0 Å². The Labute approximate surface area is 161 Å². The molecule has 0 atom stereocenters. The molecule has 1 heterocycles. The normalized spacial score (nSPS) is 11.1. The molecule has 3 N–H and O–H groups in total. The number of benzene rings is 2. The summed E-state index contributed by atoms with van der Waals surface area (Å²) in [6.45, 7) is 0.133. The fraction of sp³-hybridized carbons (Fsp3) is 0.105. The van der Waals surface area contributed by atoms with Crippen LogP contribution >= 0.6 is 0 Å². The number of amides is 1. The van der Waals surface area contributed by atoms with Crippen molar-refractivity contribution in [1.82, 2.24) is 0 Å². The summed E-state index contributed by atoms with van der Waals surface area (Å²) < 4.78 is 39.3. The van der Waals surface area contributed by atoms with Crippen LogP contribution in [0.3, 0.4) is 0 Å². The molecule has 0 fully saturated rings. The first-order chi connectivity index (χ1) is 13.4. The zero-order chi connectivity index (χ0) is 20.1. The molecule has 0 saturated heterocycles. The van der Waals surface area contributed by atoms with Gasteiger partial charge in [0.05, 0.1) is 13.4 Å². The molecule has 0 unspecified atom stereocenters. The third-order valence-electron chi connectivity index (χ3n) is 3.82. The summed E-state index contributed by atoms with van der Waals surface area (Å²) in [7, 11) is -2.70. The Hall–Kier alpha value is -3.30. The van der Waals surface area contributed by atoms with Gasteiger partial charge in [0, 0.05) is 11.3 Å². The van der Waals surface area contributed by atoms with E-state index >= 15 is 0 Å². The van der Waals surface area contributed by atoms with Gasteiger partial charge < -0.3 is 19.2 Å². The molecular weight excluding hydrogens is 384 g/mol. The van der Waals surface area contributed by atoms with Crippen LogP contribution in [-0.2, 0) is 16.6 Å². The molecule has 0 radical (unpaired) electrons. The molecule has 0 aliphatic heterocycles. The van der Waals surface area contributed by atoms with Gasteiger partial charge in [0.25, 0.3) is 5.91 Å². The summed E-state index contributed by atoms with van der Waals surface area (Å²) >= 11 is 0. The monoisotopic (exact) mass is 402 g/mol. The summed E-state index contributed by atoms with van der Waals surface area (Å²) in [5.41, 5.74) is 0.766. The molecule has 0 spiro atoms. The minimum atomic E-state index is -4.02. The number of primary sulfonamides is 1. The fourth-order valence-electron chi connectivity index (χ4n) is 2.49. The molecule has 3 aromatic rings. The Bertz CT molecular complexity index is 1080. The van der Waals surface area contributed by atoms with Gasteiger partial charge in [-0.05, 0) is 36.4 Å². The summed E-state index contributed by atoms with van der Waals surface area (Å²) in [5, 5.41) is 7.77. The van der Waals surface area contributed by atoms with E-state index in [1.54, 1.807) is 18.2 Å². The van der Waals surface area contributed by atoms with E-state index in [1.807, 2.05) is 18.2 Å². The van der Waals surface area contributed by atoms with Crippen molar-refractivity contribution >= 4 is 21.6 Å². The van der Waals surface area contributed by atoms with E-state index in [0.29, 0.717) is 11.3 Å². The number of para-hydroxylation sites is 1. The number of ether oxygens (including phenoxy) is 2. The standard InChI is InChI=1S/C19H18N2O6S/c1-25-16-8-7-14(11-17(16)28(20,23)24)21-19(22)18-13(9-10-26-18)12-27-15-5-3-2-4-6-15/h2-11H,12H2,1H3,(H,21,22)(H2,20,23,24). The molecule has 28 heavy (non-hydrogen) atoms. The first-order valence-corrected chi connectivity index (χ1v) is 9.69. The van der Waals surface area contributed by atoms with E-state index in [0.717, 1.165) is 0 Å². The molecule has 0 aliphatic rings. The lowest BCUT2D eigenvalue weighted by Crippen LogP contribution is -2.16. The maximum absolute atomic E-state index is 12.6. The molecule has 0 saturated carbocycles. The van der Waals surface area contributed by atoms with Gasteiger partial charge in [0.1, 0.15) is 23.0 Å².